The summed E-state index contributed by atoms with van der Waals surface area (Å²) in [6.45, 7) is 5.98. The standard InChI is InChI=1S/C20H24N2O3/c1-13-5-7-16(9-15(13)3)10-19(23)22-18-11-17(8-6-14(18)2)21-20(24)12-25-4/h5-9,11H,10,12H2,1-4H3,(H,21,24)(H,22,23). The van der Waals surface area contributed by atoms with Crippen LogP contribution in [0.15, 0.2) is 36.4 Å². The molecule has 0 saturated heterocycles. The molecule has 2 aromatic carbocycles. The van der Waals surface area contributed by atoms with E-state index in [-0.39, 0.29) is 18.4 Å². The highest BCUT2D eigenvalue weighted by Crippen LogP contribution is 2.21. The summed E-state index contributed by atoms with van der Waals surface area (Å²) in [6.07, 6.45) is 0.306. The van der Waals surface area contributed by atoms with E-state index < -0.39 is 0 Å². The largest absolute Gasteiger partial charge is 0.375 e. The molecule has 0 unspecified atom stereocenters. The van der Waals surface area contributed by atoms with Gasteiger partial charge in [-0.1, -0.05) is 24.3 Å². The van der Waals surface area contributed by atoms with Crippen LogP contribution < -0.4 is 10.6 Å². The monoisotopic (exact) mass is 340 g/mol. The number of hydrogen-bond donors (Lipinski definition) is 2. The Balaban J connectivity index is 2.06. The van der Waals surface area contributed by atoms with E-state index >= 15 is 0 Å². The van der Waals surface area contributed by atoms with Gasteiger partial charge in [-0.25, -0.2) is 0 Å². The van der Waals surface area contributed by atoms with Crippen molar-refractivity contribution < 1.29 is 14.3 Å². The van der Waals surface area contributed by atoms with Crippen LogP contribution in [0.25, 0.3) is 0 Å². The number of benzene rings is 2. The molecule has 0 spiro atoms. The molecule has 2 N–H and O–H groups in total. The molecule has 132 valence electrons. The van der Waals surface area contributed by atoms with Crippen molar-refractivity contribution in [1.29, 1.82) is 0 Å². The first-order valence-corrected chi connectivity index (χ1v) is 8.14. The first kappa shape index (κ1) is 18.7. The van der Waals surface area contributed by atoms with E-state index in [0.717, 1.165) is 11.1 Å². The van der Waals surface area contributed by atoms with Crippen molar-refractivity contribution in [2.24, 2.45) is 0 Å². The molecule has 0 aromatic heterocycles. The molecule has 5 heteroatoms. The molecule has 2 rings (SSSR count). The maximum absolute atomic E-state index is 12.3. The van der Waals surface area contributed by atoms with E-state index in [4.69, 9.17) is 4.74 Å². The Bertz CT molecular complexity index is 785. The number of rotatable bonds is 6. The number of anilines is 2. The van der Waals surface area contributed by atoms with E-state index in [9.17, 15) is 9.59 Å². The third-order valence-electron chi connectivity index (χ3n) is 4.01. The Hall–Kier alpha value is -2.66. The first-order chi connectivity index (χ1) is 11.9. The molecule has 0 radical (unpaired) electrons. The summed E-state index contributed by atoms with van der Waals surface area (Å²) in [6, 6.07) is 11.4. The summed E-state index contributed by atoms with van der Waals surface area (Å²) in [4.78, 5) is 24.0. The minimum absolute atomic E-state index is 0.0116. The number of aryl methyl sites for hydroxylation is 3. The highest BCUT2D eigenvalue weighted by atomic mass is 16.5. The molecule has 0 saturated carbocycles. The number of amides is 2. The molecule has 0 atom stereocenters. The fourth-order valence-corrected chi connectivity index (χ4v) is 2.46. The van der Waals surface area contributed by atoms with Gasteiger partial charge in [0, 0.05) is 18.5 Å². The average Bonchev–Trinajstić information content (AvgIpc) is 2.54. The maximum atomic E-state index is 12.3. The lowest BCUT2D eigenvalue weighted by Gasteiger charge is -2.12. The van der Waals surface area contributed by atoms with Crippen molar-refractivity contribution >= 4 is 23.2 Å². The van der Waals surface area contributed by atoms with Gasteiger partial charge in [0.1, 0.15) is 6.61 Å². The van der Waals surface area contributed by atoms with Gasteiger partial charge in [0.05, 0.1) is 6.42 Å². The SMILES string of the molecule is COCC(=O)Nc1ccc(C)c(NC(=O)Cc2ccc(C)c(C)c2)c1. The quantitative estimate of drug-likeness (QED) is 0.847. The Morgan fingerprint density at radius 3 is 2.28 bits per heavy atom. The zero-order valence-electron chi connectivity index (χ0n) is 15.1. The predicted octanol–water partition coefficient (Wildman–Crippen LogP) is 3.38. The molecular formula is C20H24N2O3. The highest BCUT2D eigenvalue weighted by Gasteiger charge is 2.09. The van der Waals surface area contributed by atoms with Crippen molar-refractivity contribution in [2.75, 3.05) is 24.4 Å². The van der Waals surface area contributed by atoms with E-state index in [1.54, 1.807) is 12.1 Å². The second kappa shape index (κ2) is 8.44. The minimum Gasteiger partial charge on any atom is -0.375 e. The van der Waals surface area contributed by atoms with Gasteiger partial charge in [0.15, 0.2) is 0 Å². The van der Waals surface area contributed by atoms with Gasteiger partial charge in [0.25, 0.3) is 0 Å². The molecule has 0 bridgehead atoms. The van der Waals surface area contributed by atoms with E-state index in [2.05, 4.69) is 10.6 Å². The number of carbonyl (C=O) groups is 2. The molecule has 0 aliphatic heterocycles. The van der Waals surface area contributed by atoms with Gasteiger partial charge >= 0.3 is 0 Å². The van der Waals surface area contributed by atoms with Crippen molar-refractivity contribution in [3.63, 3.8) is 0 Å². The van der Waals surface area contributed by atoms with E-state index in [0.29, 0.717) is 17.8 Å². The molecule has 2 amide bonds. The topological polar surface area (TPSA) is 67.4 Å². The number of hydrogen-bond acceptors (Lipinski definition) is 3. The smallest absolute Gasteiger partial charge is 0.250 e. The molecule has 0 aliphatic carbocycles. The number of methoxy groups -OCH3 is 1. The van der Waals surface area contributed by atoms with Crippen LogP contribution in [0.2, 0.25) is 0 Å². The van der Waals surface area contributed by atoms with Gasteiger partial charge in [-0.15, -0.1) is 0 Å². The fourth-order valence-electron chi connectivity index (χ4n) is 2.46. The van der Waals surface area contributed by atoms with Crippen LogP contribution in [0.1, 0.15) is 22.3 Å². The lowest BCUT2D eigenvalue weighted by atomic mass is 10.0. The summed E-state index contributed by atoms with van der Waals surface area (Å²) in [7, 11) is 1.47. The Labute approximate surface area is 148 Å². The lowest BCUT2D eigenvalue weighted by Crippen LogP contribution is -2.18. The Morgan fingerprint density at radius 2 is 1.60 bits per heavy atom. The molecule has 25 heavy (non-hydrogen) atoms. The third kappa shape index (κ3) is 5.43. The molecule has 0 fully saturated rings. The summed E-state index contributed by atoms with van der Waals surface area (Å²) >= 11 is 0. The van der Waals surface area contributed by atoms with Gasteiger partial charge in [-0.2, -0.15) is 0 Å². The molecule has 5 nitrogen and oxygen atoms in total. The van der Waals surface area contributed by atoms with Crippen LogP contribution in [0, 0.1) is 20.8 Å². The molecular weight excluding hydrogens is 316 g/mol. The second-order valence-electron chi connectivity index (χ2n) is 6.15. The van der Waals surface area contributed by atoms with Crippen molar-refractivity contribution in [2.45, 2.75) is 27.2 Å². The zero-order chi connectivity index (χ0) is 18.4. The van der Waals surface area contributed by atoms with Gasteiger partial charge in [0.2, 0.25) is 11.8 Å². The molecule has 0 aliphatic rings. The van der Waals surface area contributed by atoms with Crippen molar-refractivity contribution in [3.8, 4) is 0 Å². The van der Waals surface area contributed by atoms with Crippen LogP contribution in [-0.2, 0) is 20.7 Å². The van der Waals surface area contributed by atoms with Gasteiger partial charge in [-0.3, -0.25) is 9.59 Å². The summed E-state index contributed by atoms with van der Waals surface area (Å²) < 4.78 is 4.80. The number of carbonyl (C=O) groups excluding carboxylic acids is 2. The fraction of sp³-hybridized carbons (Fsp3) is 0.300. The van der Waals surface area contributed by atoms with Crippen molar-refractivity contribution in [3.05, 3.63) is 58.7 Å². The van der Waals surface area contributed by atoms with Crippen LogP contribution in [0.3, 0.4) is 0 Å². The van der Waals surface area contributed by atoms with Crippen LogP contribution in [-0.4, -0.2) is 25.5 Å². The number of nitrogens with one attached hydrogen (secondary N) is 2. The van der Waals surface area contributed by atoms with Crippen LogP contribution in [0.5, 0.6) is 0 Å². The van der Waals surface area contributed by atoms with Crippen molar-refractivity contribution in [1.82, 2.24) is 0 Å². The van der Waals surface area contributed by atoms with E-state index in [1.165, 1.54) is 18.2 Å². The average molecular weight is 340 g/mol. The van der Waals surface area contributed by atoms with E-state index in [1.807, 2.05) is 45.0 Å². The summed E-state index contributed by atoms with van der Waals surface area (Å²) in [5.74, 6) is -0.328. The van der Waals surface area contributed by atoms with Gasteiger partial charge < -0.3 is 15.4 Å². The highest BCUT2D eigenvalue weighted by molar-refractivity contribution is 5.95. The maximum Gasteiger partial charge on any atom is 0.250 e. The zero-order valence-corrected chi connectivity index (χ0v) is 15.1. The summed E-state index contributed by atoms with van der Waals surface area (Å²) in [5.41, 5.74) is 5.59. The van der Waals surface area contributed by atoms with Crippen LogP contribution >= 0.6 is 0 Å². The van der Waals surface area contributed by atoms with Crippen LogP contribution in [0.4, 0.5) is 11.4 Å². The Morgan fingerprint density at radius 1 is 0.880 bits per heavy atom. The number of ether oxygens (including phenoxy) is 1. The van der Waals surface area contributed by atoms with Gasteiger partial charge in [-0.05, 0) is 55.2 Å². The summed E-state index contributed by atoms with van der Waals surface area (Å²) in [5, 5.41) is 5.65. The third-order valence-corrected chi connectivity index (χ3v) is 4.01. The molecule has 0 heterocycles. The molecule has 2 aromatic rings. The normalized spacial score (nSPS) is 10.4. The second-order valence-corrected chi connectivity index (χ2v) is 6.15. The predicted molar refractivity (Wildman–Crippen MR) is 99.9 cm³/mol. The Kier molecular flexibility index (Phi) is 6.31. The minimum atomic E-state index is -0.237. The first-order valence-electron chi connectivity index (χ1n) is 8.14. The lowest BCUT2D eigenvalue weighted by molar-refractivity contribution is -0.119.